The van der Waals surface area contributed by atoms with Crippen LogP contribution in [0.5, 0.6) is 0 Å². The number of ether oxygens (including phenoxy) is 1. The van der Waals surface area contributed by atoms with Crippen LogP contribution >= 0.6 is 34.9 Å². The molecule has 1 aromatic carbocycles. The second-order valence-electron chi connectivity index (χ2n) is 4.53. The van der Waals surface area contributed by atoms with Crippen molar-refractivity contribution in [2.75, 3.05) is 11.9 Å². The number of halogens is 2. The average molecular weight is 383 g/mol. The molecule has 10 heteroatoms. The quantitative estimate of drug-likeness (QED) is 0.549. The monoisotopic (exact) mass is 382 g/mol. The molecule has 0 saturated heterocycles. The fourth-order valence-corrected chi connectivity index (χ4v) is 2.73. The molecule has 0 atom stereocenters. The molecule has 0 unspecified atom stereocenters. The van der Waals surface area contributed by atoms with Crippen LogP contribution in [0.3, 0.4) is 0 Å². The number of anilines is 1. The molecular formula is C14H8Cl2N4O3S. The molecule has 0 radical (unpaired) electrons. The summed E-state index contributed by atoms with van der Waals surface area (Å²) in [5.41, 5.74) is 1.58. The number of nitrogens with one attached hydrogen (secondary N) is 1. The Kier molecular flexibility index (Phi) is 4.89. The summed E-state index contributed by atoms with van der Waals surface area (Å²) in [6.45, 7) is -0.503. The zero-order valence-electron chi connectivity index (χ0n) is 11.8. The Morgan fingerprint density at radius 1 is 1.17 bits per heavy atom. The summed E-state index contributed by atoms with van der Waals surface area (Å²) >= 11 is 12.6. The predicted molar refractivity (Wildman–Crippen MR) is 90.6 cm³/mol. The number of aromatic nitrogens is 3. The van der Waals surface area contributed by atoms with Gasteiger partial charge in [0, 0.05) is 0 Å². The van der Waals surface area contributed by atoms with Gasteiger partial charge in [-0.3, -0.25) is 4.79 Å². The number of benzene rings is 1. The second kappa shape index (κ2) is 7.08. The smallest absolute Gasteiger partial charge is 0.359 e. The van der Waals surface area contributed by atoms with E-state index < -0.39 is 18.5 Å². The molecule has 0 fully saturated rings. The molecule has 3 aromatic rings. The summed E-state index contributed by atoms with van der Waals surface area (Å²) in [7, 11) is 0. The zero-order chi connectivity index (χ0) is 17.1. The van der Waals surface area contributed by atoms with E-state index in [1.165, 1.54) is 12.1 Å². The number of hydrogen-bond donors (Lipinski definition) is 1. The van der Waals surface area contributed by atoms with Crippen molar-refractivity contribution in [3.8, 4) is 0 Å². The highest BCUT2D eigenvalue weighted by molar-refractivity contribution is 7.00. The minimum atomic E-state index is -0.841. The van der Waals surface area contributed by atoms with Crippen molar-refractivity contribution in [2.24, 2.45) is 0 Å². The van der Waals surface area contributed by atoms with Crippen LogP contribution in [0.1, 0.15) is 10.5 Å². The average Bonchev–Trinajstić information content (AvgIpc) is 3.04. The summed E-state index contributed by atoms with van der Waals surface area (Å²) in [4.78, 5) is 27.6. The summed E-state index contributed by atoms with van der Waals surface area (Å²) in [6, 6.07) is 8.06. The molecule has 0 saturated carbocycles. The van der Waals surface area contributed by atoms with Crippen LogP contribution in [0.4, 0.5) is 5.69 Å². The molecule has 0 spiro atoms. The molecule has 1 N–H and O–H groups in total. The van der Waals surface area contributed by atoms with Crippen LogP contribution in [0.15, 0.2) is 30.3 Å². The van der Waals surface area contributed by atoms with E-state index in [9.17, 15) is 9.59 Å². The Labute approximate surface area is 149 Å². The van der Waals surface area contributed by atoms with Crippen molar-refractivity contribution in [3.63, 3.8) is 0 Å². The third-order valence-corrected chi connectivity index (χ3v) is 3.96. The maximum absolute atomic E-state index is 12.0. The highest BCUT2D eigenvalue weighted by atomic mass is 35.5. The number of esters is 1. The highest BCUT2D eigenvalue weighted by Gasteiger charge is 2.17. The summed E-state index contributed by atoms with van der Waals surface area (Å²) in [5, 5.41) is 2.79. The number of carbonyl (C=O) groups is 2. The van der Waals surface area contributed by atoms with Crippen molar-refractivity contribution in [2.45, 2.75) is 0 Å². The van der Waals surface area contributed by atoms with Crippen LogP contribution in [-0.2, 0) is 9.53 Å². The standard InChI is InChI=1S/C14H8Cl2N4O3S/c15-7-4-5-10(16)18-12(7)14(22)23-6-11(21)17-8-2-1-3-9-13(8)20-24-19-9/h1-5H,6H2,(H,17,21). The van der Waals surface area contributed by atoms with E-state index in [1.54, 1.807) is 18.2 Å². The Morgan fingerprint density at radius 2 is 2.00 bits per heavy atom. The molecule has 122 valence electrons. The molecule has 7 nitrogen and oxygen atoms in total. The van der Waals surface area contributed by atoms with Gasteiger partial charge in [0.15, 0.2) is 12.3 Å². The van der Waals surface area contributed by atoms with Gasteiger partial charge in [-0.05, 0) is 24.3 Å². The van der Waals surface area contributed by atoms with Gasteiger partial charge in [-0.2, -0.15) is 8.75 Å². The van der Waals surface area contributed by atoms with E-state index in [-0.39, 0.29) is 15.9 Å². The van der Waals surface area contributed by atoms with Crippen molar-refractivity contribution in [3.05, 3.63) is 46.2 Å². The van der Waals surface area contributed by atoms with Gasteiger partial charge in [0.2, 0.25) is 0 Å². The lowest BCUT2D eigenvalue weighted by Gasteiger charge is -2.07. The van der Waals surface area contributed by atoms with Crippen molar-refractivity contribution in [1.82, 2.24) is 13.7 Å². The van der Waals surface area contributed by atoms with Crippen molar-refractivity contribution >= 4 is 63.5 Å². The molecule has 1 amide bonds. The molecular weight excluding hydrogens is 375 g/mol. The first-order valence-electron chi connectivity index (χ1n) is 6.55. The molecule has 2 heterocycles. The molecule has 0 aliphatic heterocycles. The second-order valence-corrected chi connectivity index (χ2v) is 5.85. The van der Waals surface area contributed by atoms with Gasteiger partial charge in [0.1, 0.15) is 16.2 Å². The molecule has 2 aromatic heterocycles. The molecule has 3 rings (SSSR count). The highest BCUT2D eigenvalue weighted by Crippen LogP contribution is 2.21. The first-order chi connectivity index (χ1) is 11.5. The molecule has 0 aliphatic rings. The molecule has 0 bridgehead atoms. The van der Waals surface area contributed by atoms with Crippen LogP contribution < -0.4 is 5.32 Å². The summed E-state index contributed by atoms with van der Waals surface area (Å²) in [5.74, 6) is -1.37. The van der Waals surface area contributed by atoms with E-state index in [0.717, 1.165) is 11.7 Å². The topological polar surface area (TPSA) is 94.1 Å². The van der Waals surface area contributed by atoms with Crippen LogP contribution in [-0.4, -0.2) is 32.2 Å². The van der Waals surface area contributed by atoms with Gasteiger partial charge in [-0.25, -0.2) is 9.78 Å². The lowest BCUT2D eigenvalue weighted by Crippen LogP contribution is -2.21. The Hall–Kier alpha value is -2.29. The zero-order valence-corrected chi connectivity index (χ0v) is 14.2. The maximum atomic E-state index is 12.0. The first kappa shape index (κ1) is 16.6. The van der Waals surface area contributed by atoms with E-state index in [2.05, 4.69) is 19.0 Å². The maximum Gasteiger partial charge on any atom is 0.359 e. The number of hydrogen-bond acceptors (Lipinski definition) is 7. The van der Waals surface area contributed by atoms with E-state index in [0.29, 0.717) is 16.7 Å². The van der Waals surface area contributed by atoms with Gasteiger partial charge in [0.25, 0.3) is 5.91 Å². The number of fused-ring (bicyclic) bond motifs is 1. The lowest BCUT2D eigenvalue weighted by molar-refractivity contribution is -0.119. The fourth-order valence-electron chi connectivity index (χ4n) is 1.85. The normalized spacial score (nSPS) is 10.6. The minimum absolute atomic E-state index is 0.0862. The fraction of sp³-hybridized carbons (Fsp3) is 0.0714. The number of carbonyl (C=O) groups excluding carboxylic acids is 2. The number of amides is 1. The summed E-state index contributed by atoms with van der Waals surface area (Å²) < 4.78 is 13.1. The van der Waals surface area contributed by atoms with Gasteiger partial charge in [-0.1, -0.05) is 29.3 Å². The van der Waals surface area contributed by atoms with Crippen LogP contribution in [0, 0.1) is 0 Å². The van der Waals surface area contributed by atoms with Gasteiger partial charge < -0.3 is 10.1 Å². The van der Waals surface area contributed by atoms with Gasteiger partial charge >= 0.3 is 5.97 Å². The van der Waals surface area contributed by atoms with E-state index in [4.69, 9.17) is 27.9 Å². The SMILES string of the molecule is O=C(COC(=O)c1nc(Cl)ccc1Cl)Nc1cccc2nsnc12. The number of nitrogens with zero attached hydrogens (tertiary/aromatic N) is 3. The summed E-state index contributed by atoms with van der Waals surface area (Å²) in [6.07, 6.45) is 0. The molecule has 24 heavy (non-hydrogen) atoms. The first-order valence-corrected chi connectivity index (χ1v) is 8.03. The largest absolute Gasteiger partial charge is 0.451 e. The number of pyridine rings is 1. The Morgan fingerprint density at radius 3 is 2.83 bits per heavy atom. The van der Waals surface area contributed by atoms with E-state index in [1.807, 2.05) is 0 Å². The number of rotatable bonds is 4. The van der Waals surface area contributed by atoms with E-state index >= 15 is 0 Å². The lowest BCUT2D eigenvalue weighted by atomic mass is 10.2. The Balaban J connectivity index is 1.64. The Bertz CT molecular complexity index is 931. The minimum Gasteiger partial charge on any atom is -0.451 e. The van der Waals surface area contributed by atoms with Crippen LogP contribution in [0.25, 0.3) is 11.0 Å². The van der Waals surface area contributed by atoms with Crippen molar-refractivity contribution in [1.29, 1.82) is 0 Å². The van der Waals surface area contributed by atoms with Crippen molar-refractivity contribution < 1.29 is 14.3 Å². The predicted octanol–water partition coefficient (Wildman–Crippen LogP) is 3.19. The third-order valence-electron chi connectivity index (χ3n) is 2.90. The molecule has 0 aliphatic carbocycles. The van der Waals surface area contributed by atoms with Crippen LogP contribution in [0.2, 0.25) is 10.2 Å². The third kappa shape index (κ3) is 3.61. The van der Waals surface area contributed by atoms with Gasteiger partial charge in [-0.15, -0.1) is 0 Å². The van der Waals surface area contributed by atoms with Gasteiger partial charge in [0.05, 0.1) is 22.4 Å².